The van der Waals surface area contributed by atoms with Crippen LogP contribution in [0.1, 0.15) is 47.3 Å². The van der Waals surface area contributed by atoms with E-state index < -0.39 is 24.2 Å². The molecule has 3 aromatic heterocycles. The standard InChI is InChI=1S/C30H26F3N9O3/c31-29(32)42-38-25(37-39-42)24(18-4-2-1-3-5-18)40-12-14-41(15-13-40)27(43)22-16-19(8-11-34-22)26-36-21-17-20(6-7-23(21)45-26)35-28(44)30(33)9-10-30/h1-8,11,16-17,24,29H,9-10,12-15H2,(H,35,44). The highest BCUT2D eigenvalue weighted by Gasteiger charge is 2.50. The lowest BCUT2D eigenvalue weighted by molar-refractivity contribution is -0.122. The Morgan fingerprint density at radius 1 is 0.978 bits per heavy atom. The molecule has 4 heterocycles. The maximum absolute atomic E-state index is 14.1. The smallest absolute Gasteiger partial charge is 0.350 e. The van der Waals surface area contributed by atoms with Crippen molar-refractivity contribution in [2.75, 3.05) is 31.5 Å². The number of nitrogens with zero attached hydrogens (tertiary/aromatic N) is 8. The summed E-state index contributed by atoms with van der Waals surface area (Å²) >= 11 is 0. The van der Waals surface area contributed by atoms with E-state index in [-0.39, 0.29) is 41.0 Å². The van der Waals surface area contributed by atoms with Crippen LogP contribution in [0.2, 0.25) is 0 Å². The van der Waals surface area contributed by atoms with E-state index in [0.717, 1.165) is 5.56 Å². The Bertz CT molecular complexity index is 1870. The number of hydrogen-bond donors (Lipinski definition) is 1. The normalized spacial score (nSPS) is 17.0. The largest absolute Gasteiger partial charge is 0.436 e. The Morgan fingerprint density at radius 3 is 2.47 bits per heavy atom. The minimum Gasteiger partial charge on any atom is -0.436 e. The van der Waals surface area contributed by atoms with E-state index in [1.807, 2.05) is 35.2 Å². The number of nitrogens with one attached hydrogen (secondary N) is 1. The fraction of sp³-hybridized carbons (Fsp3) is 0.300. The number of piperazine rings is 1. The van der Waals surface area contributed by atoms with E-state index >= 15 is 0 Å². The second kappa shape index (κ2) is 11.4. The van der Waals surface area contributed by atoms with Crippen molar-refractivity contribution in [2.24, 2.45) is 0 Å². The van der Waals surface area contributed by atoms with Gasteiger partial charge < -0.3 is 14.6 Å². The van der Waals surface area contributed by atoms with Gasteiger partial charge in [0.2, 0.25) is 5.89 Å². The minimum atomic E-state index is -2.91. The lowest BCUT2D eigenvalue weighted by atomic mass is 10.0. The summed E-state index contributed by atoms with van der Waals surface area (Å²) in [5.41, 5.74) is 1.09. The summed E-state index contributed by atoms with van der Waals surface area (Å²) in [6.07, 6.45) is 1.93. The first kappa shape index (κ1) is 28.6. The zero-order valence-electron chi connectivity index (χ0n) is 23.7. The van der Waals surface area contributed by atoms with Crippen molar-refractivity contribution >= 4 is 28.6 Å². The van der Waals surface area contributed by atoms with Gasteiger partial charge in [-0.05, 0) is 54.0 Å². The molecule has 15 heteroatoms. The van der Waals surface area contributed by atoms with Crippen molar-refractivity contribution in [1.29, 1.82) is 0 Å². The third-order valence-electron chi connectivity index (χ3n) is 7.91. The molecule has 45 heavy (non-hydrogen) atoms. The summed E-state index contributed by atoms with van der Waals surface area (Å²) in [6.45, 7) is -1.33. The summed E-state index contributed by atoms with van der Waals surface area (Å²) in [6, 6.07) is 16.9. The summed E-state index contributed by atoms with van der Waals surface area (Å²) < 4.78 is 46.3. The van der Waals surface area contributed by atoms with Gasteiger partial charge in [0.15, 0.2) is 17.1 Å². The van der Waals surface area contributed by atoms with Crippen LogP contribution < -0.4 is 5.32 Å². The molecule has 1 aliphatic carbocycles. The zero-order chi connectivity index (χ0) is 31.1. The quantitative estimate of drug-likeness (QED) is 0.271. The number of rotatable bonds is 8. The van der Waals surface area contributed by atoms with Gasteiger partial charge in [0, 0.05) is 43.6 Å². The van der Waals surface area contributed by atoms with Crippen LogP contribution in [0.25, 0.3) is 22.6 Å². The molecule has 1 N–H and O–H groups in total. The highest BCUT2D eigenvalue weighted by Crippen LogP contribution is 2.41. The van der Waals surface area contributed by atoms with Crippen LogP contribution in [0.15, 0.2) is 71.3 Å². The van der Waals surface area contributed by atoms with Crippen molar-refractivity contribution < 1.29 is 27.2 Å². The predicted octanol–water partition coefficient (Wildman–Crippen LogP) is 4.26. The molecule has 0 spiro atoms. The molecule has 1 saturated heterocycles. The number of oxazole rings is 1. The molecule has 230 valence electrons. The van der Waals surface area contributed by atoms with Gasteiger partial charge in [-0.1, -0.05) is 35.1 Å². The number of fused-ring (bicyclic) bond motifs is 1. The SMILES string of the molecule is O=C(c1cc(-c2nc3cc(NC(=O)C4(F)CC4)ccc3o2)ccn1)N1CCN(C(c2ccccc2)c2nnn(C(F)F)n2)CC1. The van der Waals surface area contributed by atoms with E-state index in [9.17, 15) is 22.8 Å². The number of tetrazole rings is 1. The number of amides is 2. The number of anilines is 1. The number of alkyl halides is 3. The van der Waals surface area contributed by atoms with Gasteiger partial charge in [-0.25, -0.2) is 9.37 Å². The number of pyridine rings is 1. The first-order valence-electron chi connectivity index (χ1n) is 14.3. The molecule has 1 unspecified atom stereocenters. The Morgan fingerprint density at radius 2 is 1.76 bits per heavy atom. The summed E-state index contributed by atoms with van der Waals surface area (Å²) in [7, 11) is 0. The van der Waals surface area contributed by atoms with E-state index in [1.54, 1.807) is 35.2 Å². The van der Waals surface area contributed by atoms with Crippen molar-refractivity contribution in [1.82, 2.24) is 40.0 Å². The fourth-order valence-electron chi connectivity index (χ4n) is 5.32. The minimum absolute atomic E-state index is 0.151. The first-order chi connectivity index (χ1) is 21.8. The van der Waals surface area contributed by atoms with Gasteiger partial charge in [0.1, 0.15) is 11.2 Å². The molecule has 5 aromatic rings. The number of aromatic nitrogens is 6. The third-order valence-corrected chi connectivity index (χ3v) is 7.91. The number of halogens is 3. The molecular weight excluding hydrogens is 591 g/mol. The van der Waals surface area contributed by atoms with E-state index in [0.29, 0.717) is 48.5 Å². The second-order valence-electron chi connectivity index (χ2n) is 10.9. The Kier molecular flexibility index (Phi) is 7.23. The average molecular weight is 618 g/mol. The van der Waals surface area contributed by atoms with Crippen LogP contribution in [0.5, 0.6) is 0 Å². The average Bonchev–Trinajstić information content (AvgIpc) is 3.43. The van der Waals surface area contributed by atoms with Crippen LogP contribution in [-0.4, -0.2) is 83.6 Å². The van der Waals surface area contributed by atoms with Gasteiger partial charge >= 0.3 is 6.55 Å². The molecule has 0 bridgehead atoms. The number of hydrogen-bond acceptors (Lipinski definition) is 9. The van der Waals surface area contributed by atoms with Gasteiger partial charge in [-0.2, -0.15) is 8.78 Å². The summed E-state index contributed by atoms with van der Waals surface area (Å²) in [5.74, 6) is -0.544. The third kappa shape index (κ3) is 5.73. The monoisotopic (exact) mass is 617 g/mol. The van der Waals surface area contributed by atoms with Crippen molar-refractivity contribution in [3.05, 3.63) is 83.9 Å². The van der Waals surface area contributed by atoms with Crippen LogP contribution in [0, 0.1) is 0 Å². The fourth-order valence-corrected chi connectivity index (χ4v) is 5.32. The van der Waals surface area contributed by atoms with Crippen molar-refractivity contribution in [3.63, 3.8) is 0 Å². The molecule has 2 aromatic carbocycles. The molecule has 2 fully saturated rings. The number of carbonyl (C=O) groups is 2. The molecule has 1 aliphatic heterocycles. The first-order valence-corrected chi connectivity index (χ1v) is 14.3. The maximum Gasteiger partial charge on any atom is 0.350 e. The molecule has 1 atom stereocenters. The van der Waals surface area contributed by atoms with Crippen molar-refractivity contribution in [3.8, 4) is 11.5 Å². The lowest BCUT2D eigenvalue weighted by Gasteiger charge is -2.38. The molecule has 7 rings (SSSR count). The summed E-state index contributed by atoms with van der Waals surface area (Å²) in [5, 5.41) is 13.9. The predicted molar refractivity (Wildman–Crippen MR) is 154 cm³/mol. The van der Waals surface area contributed by atoms with Gasteiger partial charge in [0.05, 0.1) is 6.04 Å². The van der Waals surface area contributed by atoms with E-state index in [2.05, 4.69) is 30.7 Å². The molecule has 12 nitrogen and oxygen atoms in total. The van der Waals surface area contributed by atoms with E-state index in [1.165, 1.54) is 6.20 Å². The zero-order valence-corrected chi connectivity index (χ0v) is 23.7. The number of carbonyl (C=O) groups excluding carboxylic acids is 2. The van der Waals surface area contributed by atoms with Gasteiger partial charge in [0.25, 0.3) is 11.8 Å². The Hall–Kier alpha value is -5.18. The van der Waals surface area contributed by atoms with Crippen LogP contribution in [0.3, 0.4) is 0 Å². The topological polar surface area (TPSA) is 135 Å². The highest BCUT2D eigenvalue weighted by atomic mass is 19.3. The van der Waals surface area contributed by atoms with Crippen molar-refractivity contribution in [2.45, 2.75) is 31.1 Å². The molecule has 2 aliphatic rings. The van der Waals surface area contributed by atoms with Crippen LogP contribution in [0.4, 0.5) is 18.9 Å². The molecular formula is C30H26F3N9O3. The van der Waals surface area contributed by atoms with Crippen LogP contribution in [-0.2, 0) is 4.79 Å². The highest BCUT2D eigenvalue weighted by molar-refractivity contribution is 6.00. The van der Waals surface area contributed by atoms with Crippen LogP contribution >= 0.6 is 0 Å². The summed E-state index contributed by atoms with van der Waals surface area (Å²) in [4.78, 5) is 38.3. The second-order valence-corrected chi connectivity index (χ2v) is 10.9. The van der Waals surface area contributed by atoms with E-state index in [4.69, 9.17) is 4.42 Å². The maximum atomic E-state index is 14.1. The lowest BCUT2D eigenvalue weighted by Crippen LogP contribution is -2.50. The van der Waals surface area contributed by atoms with Gasteiger partial charge in [-0.15, -0.1) is 10.2 Å². The van der Waals surface area contributed by atoms with Gasteiger partial charge in [-0.3, -0.25) is 19.5 Å². The molecule has 1 saturated carbocycles. The Labute approximate surface area is 253 Å². The number of benzene rings is 2. The Balaban J connectivity index is 1.05. The molecule has 2 amide bonds. The molecule has 0 radical (unpaired) electrons.